The molecule has 1 N–H and O–H groups in total. The van der Waals surface area contributed by atoms with Crippen LogP contribution in [-0.4, -0.2) is 23.8 Å². The highest BCUT2D eigenvalue weighted by Crippen LogP contribution is 2.27. The van der Waals surface area contributed by atoms with Crippen molar-refractivity contribution < 1.29 is 14.6 Å². The normalized spacial score (nSPS) is 27.3. The van der Waals surface area contributed by atoms with Gasteiger partial charge in [0.05, 0.1) is 12.7 Å². The number of carbonyl (C=O) groups excluding carboxylic acids is 1. The van der Waals surface area contributed by atoms with Gasteiger partial charge in [0.15, 0.2) is 0 Å². The first-order valence-electron chi connectivity index (χ1n) is 5.57. The van der Waals surface area contributed by atoms with E-state index in [0.29, 0.717) is 18.9 Å². The molecule has 1 fully saturated rings. The highest BCUT2D eigenvalue weighted by molar-refractivity contribution is 5.69. The molecule has 1 rings (SSSR count). The molecular weight excluding hydrogens is 180 g/mol. The second-order valence-corrected chi connectivity index (χ2v) is 3.96. The van der Waals surface area contributed by atoms with Gasteiger partial charge < -0.3 is 9.84 Å². The van der Waals surface area contributed by atoms with E-state index in [0.717, 1.165) is 25.7 Å². The molecule has 0 aromatic heterocycles. The Kier molecular flexibility index (Phi) is 4.94. The summed E-state index contributed by atoms with van der Waals surface area (Å²) in [5, 5.41) is 9.66. The summed E-state index contributed by atoms with van der Waals surface area (Å²) in [4.78, 5) is 11.1. The van der Waals surface area contributed by atoms with Gasteiger partial charge in [-0.3, -0.25) is 4.79 Å². The molecule has 0 aliphatic heterocycles. The van der Waals surface area contributed by atoms with Gasteiger partial charge in [-0.1, -0.05) is 12.8 Å². The maximum Gasteiger partial charge on any atom is 0.305 e. The Labute approximate surface area is 85.5 Å². The molecule has 0 unspecified atom stereocenters. The zero-order chi connectivity index (χ0) is 10.4. The molecule has 1 aliphatic rings. The Morgan fingerprint density at radius 1 is 1.43 bits per heavy atom. The van der Waals surface area contributed by atoms with Crippen molar-refractivity contribution in [3.05, 3.63) is 0 Å². The van der Waals surface area contributed by atoms with E-state index in [1.165, 1.54) is 6.42 Å². The lowest BCUT2D eigenvalue weighted by molar-refractivity contribution is -0.143. The Hall–Kier alpha value is -0.570. The number of hydrogen-bond donors (Lipinski definition) is 1. The number of ether oxygens (including phenoxy) is 1. The predicted molar refractivity (Wildman–Crippen MR) is 53.8 cm³/mol. The Morgan fingerprint density at radius 3 is 2.79 bits per heavy atom. The SMILES string of the molecule is CCOC(=O)CC[C@H]1CCCC[C@@H]1O. The molecule has 3 nitrogen and oxygen atoms in total. The molecule has 0 aromatic carbocycles. The van der Waals surface area contributed by atoms with Crippen molar-refractivity contribution in [2.75, 3.05) is 6.61 Å². The average Bonchev–Trinajstić information content (AvgIpc) is 2.17. The summed E-state index contributed by atoms with van der Waals surface area (Å²) in [5.74, 6) is 0.179. The summed E-state index contributed by atoms with van der Waals surface area (Å²) >= 11 is 0. The van der Waals surface area contributed by atoms with Gasteiger partial charge in [-0.15, -0.1) is 0 Å². The molecule has 0 aromatic rings. The van der Waals surface area contributed by atoms with Crippen molar-refractivity contribution in [2.24, 2.45) is 5.92 Å². The van der Waals surface area contributed by atoms with Gasteiger partial charge in [0.25, 0.3) is 0 Å². The first-order valence-corrected chi connectivity index (χ1v) is 5.57. The minimum atomic E-state index is -0.196. The fourth-order valence-electron chi connectivity index (χ4n) is 2.06. The molecule has 0 radical (unpaired) electrons. The standard InChI is InChI=1S/C11H20O3/c1-2-14-11(13)8-7-9-5-3-4-6-10(9)12/h9-10,12H,2-8H2,1H3/t9-,10+/m1/s1. The van der Waals surface area contributed by atoms with Crippen LogP contribution in [0.1, 0.15) is 45.4 Å². The molecule has 0 spiro atoms. The lowest BCUT2D eigenvalue weighted by Crippen LogP contribution is -2.25. The Balaban J connectivity index is 2.19. The topological polar surface area (TPSA) is 46.5 Å². The maximum absolute atomic E-state index is 11.1. The highest BCUT2D eigenvalue weighted by atomic mass is 16.5. The van der Waals surface area contributed by atoms with Crippen LogP contribution >= 0.6 is 0 Å². The van der Waals surface area contributed by atoms with E-state index in [9.17, 15) is 9.90 Å². The molecule has 1 saturated carbocycles. The minimum absolute atomic E-state index is 0.134. The van der Waals surface area contributed by atoms with Crippen LogP contribution in [0.3, 0.4) is 0 Å². The van der Waals surface area contributed by atoms with Gasteiger partial charge in [-0.2, -0.15) is 0 Å². The van der Waals surface area contributed by atoms with Gasteiger partial charge >= 0.3 is 5.97 Å². The summed E-state index contributed by atoms with van der Waals surface area (Å²) in [6, 6.07) is 0. The number of hydrogen-bond acceptors (Lipinski definition) is 3. The van der Waals surface area contributed by atoms with Crippen molar-refractivity contribution in [3.8, 4) is 0 Å². The van der Waals surface area contributed by atoms with E-state index < -0.39 is 0 Å². The van der Waals surface area contributed by atoms with Crippen LogP contribution in [-0.2, 0) is 9.53 Å². The molecule has 2 atom stereocenters. The van der Waals surface area contributed by atoms with Gasteiger partial charge in [0.1, 0.15) is 0 Å². The molecule has 0 heterocycles. The number of rotatable bonds is 4. The molecule has 1 aliphatic carbocycles. The van der Waals surface area contributed by atoms with Crippen molar-refractivity contribution in [1.82, 2.24) is 0 Å². The molecule has 0 amide bonds. The molecule has 0 bridgehead atoms. The first kappa shape index (κ1) is 11.5. The van der Waals surface area contributed by atoms with Crippen LogP contribution in [0, 0.1) is 5.92 Å². The molecule has 0 saturated heterocycles. The van der Waals surface area contributed by atoms with Crippen molar-refractivity contribution in [3.63, 3.8) is 0 Å². The third kappa shape index (κ3) is 3.66. The minimum Gasteiger partial charge on any atom is -0.466 e. The summed E-state index contributed by atoms with van der Waals surface area (Å²) < 4.78 is 4.85. The smallest absolute Gasteiger partial charge is 0.305 e. The zero-order valence-electron chi connectivity index (χ0n) is 8.87. The summed E-state index contributed by atoms with van der Waals surface area (Å²) in [7, 11) is 0. The summed E-state index contributed by atoms with van der Waals surface area (Å²) in [5.41, 5.74) is 0. The maximum atomic E-state index is 11.1. The van der Waals surface area contributed by atoms with E-state index in [-0.39, 0.29) is 12.1 Å². The van der Waals surface area contributed by atoms with Crippen LogP contribution in [0.25, 0.3) is 0 Å². The van der Waals surface area contributed by atoms with Crippen LogP contribution in [0.2, 0.25) is 0 Å². The number of carbonyl (C=O) groups is 1. The van der Waals surface area contributed by atoms with Crippen LogP contribution in [0.5, 0.6) is 0 Å². The van der Waals surface area contributed by atoms with E-state index in [2.05, 4.69) is 0 Å². The fourth-order valence-corrected chi connectivity index (χ4v) is 2.06. The monoisotopic (exact) mass is 200 g/mol. The van der Waals surface area contributed by atoms with E-state index in [1.54, 1.807) is 0 Å². The number of esters is 1. The zero-order valence-corrected chi connectivity index (χ0v) is 8.87. The second kappa shape index (κ2) is 6.02. The van der Waals surface area contributed by atoms with Crippen molar-refractivity contribution >= 4 is 5.97 Å². The molecule has 3 heteroatoms. The van der Waals surface area contributed by atoms with E-state index >= 15 is 0 Å². The molecule has 14 heavy (non-hydrogen) atoms. The average molecular weight is 200 g/mol. The quantitative estimate of drug-likeness (QED) is 0.705. The van der Waals surface area contributed by atoms with Gasteiger partial charge in [0.2, 0.25) is 0 Å². The van der Waals surface area contributed by atoms with Crippen LogP contribution < -0.4 is 0 Å². The molecular formula is C11H20O3. The molecule has 82 valence electrons. The third-order valence-electron chi connectivity index (χ3n) is 2.89. The van der Waals surface area contributed by atoms with E-state index in [1.807, 2.05) is 6.92 Å². The first-order chi connectivity index (χ1) is 6.74. The van der Waals surface area contributed by atoms with E-state index in [4.69, 9.17) is 4.74 Å². The Bertz CT molecular complexity index is 179. The van der Waals surface area contributed by atoms with Crippen LogP contribution in [0.15, 0.2) is 0 Å². The number of aliphatic hydroxyl groups is 1. The highest BCUT2D eigenvalue weighted by Gasteiger charge is 2.23. The lowest BCUT2D eigenvalue weighted by Gasteiger charge is -2.27. The predicted octanol–water partition coefficient (Wildman–Crippen LogP) is 1.88. The third-order valence-corrected chi connectivity index (χ3v) is 2.89. The number of aliphatic hydroxyl groups excluding tert-OH is 1. The van der Waals surface area contributed by atoms with Gasteiger partial charge in [0, 0.05) is 6.42 Å². The summed E-state index contributed by atoms with van der Waals surface area (Å²) in [6.07, 6.45) is 5.30. The Morgan fingerprint density at radius 2 is 2.14 bits per heavy atom. The second-order valence-electron chi connectivity index (χ2n) is 3.96. The van der Waals surface area contributed by atoms with Crippen molar-refractivity contribution in [1.29, 1.82) is 0 Å². The van der Waals surface area contributed by atoms with Crippen molar-refractivity contribution in [2.45, 2.75) is 51.6 Å². The lowest BCUT2D eigenvalue weighted by atomic mass is 9.84. The van der Waals surface area contributed by atoms with Gasteiger partial charge in [-0.05, 0) is 32.1 Å². The largest absolute Gasteiger partial charge is 0.466 e. The fraction of sp³-hybridized carbons (Fsp3) is 0.909. The summed E-state index contributed by atoms with van der Waals surface area (Å²) in [6.45, 7) is 2.26. The van der Waals surface area contributed by atoms with Gasteiger partial charge in [-0.25, -0.2) is 0 Å². The van der Waals surface area contributed by atoms with Crippen LogP contribution in [0.4, 0.5) is 0 Å².